The summed E-state index contributed by atoms with van der Waals surface area (Å²) < 4.78 is 6.94. The molecule has 1 N–H and O–H groups in total. The normalized spacial score (nSPS) is 11.0. The average molecular weight is 366 g/mol. The van der Waals surface area contributed by atoms with Crippen molar-refractivity contribution in [3.8, 4) is 11.3 Å². The largest absolute Gasteiger partial charge is 0.422 e. The number of hydrogen-bond acceptors (Lipinski definition) is 6. The van der Waals surface area contributed by atoms with Crippen molar-refractivity contribution >= 4 is 33.3 Å². The molecule has 0 aliphatic heterocycles. The van der Waals surface area contributed by atoms with Gasteiger partial charge in [0.25, 0.3) is 5.91 Å². The van der Waals surface area contributed by atoms with E-state index >= 15 is 0 Å². The number of aromatic nitrogens is 3. The molecular formula is C18H14N4O3S. The first-order valence-corrected chi connectivity index (χ1v) is 8.85. The number of carbonyl (C=O) groups is 1. The third-order valence-electron chi connectivity index (χ3n) is 3.89. The maximum absolute atomic E-state index is 12.4. The summed E-state index contributed by atoms with van der Waals surface area (Å²) in [4.78, 5) is 28.9. The van der Waals surface area contributed by atoms with Gasteiger partial charge in [-0.25, -0.2) is 9.78 Å². The second kappa shape index (κ2) is 6.57. The SMILES string of the molecule is CCn1nccc1C(=O)Nc1nc(-c2cc3ccccc3oc2=O)cs1. The van der Waals surface area contributed by atoms with E-state index in [0.29, 0.717) is 34.2 Å². The minimum absolute atomic E-state index is 0.296. The van der Waals surface area contributed by atoms with Gasteiger partial charge in [0.15, 0.2) is 5.13 Å². The second-order valence-electron chi connectivity index (χ2n) is 5.51. The van der Waals surface area contributed by atoms with Crippen LogP contribution in [0.3, 0.4) is 0 Å². The molecule has 0 spiro atoms. The van der Waals surface area contributed by atoms with Gasteiger partial charge in [-0.05, 0) is 25.1 Å². The number of rotatable bonds is 4. The van der Waals surface area contributed by atoms with E-state index in [9.17, 15) is 9.59 Å². The van der Waals surface area contributed by atoms with Crippen LogP contribution in [0.2, 0.25) is 0 Å². The molecule has 1 aromatic carbocycles. The van der Waals surface area contributed by atoms with Crippen LogP contribution < -0.4 is 10.9 Å². The Kier molecular flexibility index (Phi) is 4.10. The molecule has 7 nitrogen and oxygen atoms in total. The van der Waals surface area contributed by atoms with Crippen LogP contribution in [0.1, 0.15) is 17.4 Å². The van der Waals surface area contributed by atoms with Gasteiger partial charge in [-0.1, -0.05) is 18.2 Å². The van der Waals surface area contributed by atoms with Crippen LogP contribution in [-0.4, -0.2) is 20.7 Å². The molecule has 3 aromatic heterocycles. The molecule has 0 atom stereocenters. The first-order valence-electron chi connectivity index (χ1n) is 7.97. The highest BCUT2D eigenvalue weighted by atomic mass is 32.1. The zero-order chi connectivity index (χ0) is 18.1. The zero-order valence-electron chi connectivity index (χ0n) is 13.8. The number of aryl methyl sites for hydroxylation is 1. The number of carbonyl (C=O) groups excluding carboxylic acids is 1. The molecule has 130 valence electrons. The quantitative estimate of drug-likeness (QED) is 0.559. The van der Waals surface area contributed by atoms with E-state index in [1.165, 1.54) is 11.3 Å². The van der Waals surface area contributed by atoms with Gasteiger partial charge >= 0.3 is 5.63 Å². The summed E-state index contributed by atoms with van der Waals surface area (Å²) in [7, 11) is 0. The highest BCUT2D eigenvalue weighted by Gasteiger charge is 2.15. The van der Waals surface area contributed by atoms with Crippen molar-refractivity contribution in [3.63, 3.8) is 0 Å². The van der Waals surface area contributed by atoms with E-state index in [4.69, 9.17) is 4.42 Å². The zero-order valence-corrected chi connectivity index (χ0v) is 14.6. The molecule has 0 unspecified atom stereocenters. The molecule has 4 aromatic rings. The standard InChI is InChI=1S/C18H14N4O3S/c1-2-22-14(7-8-19-22)16(23)21-18-20-13(10-26-18)12-9-11-5-3-4-6-15(11)25-17(12)24/h3-10H,2H2,1H3,(H,20,21,23). The Balaban J connectivity index is 1.63. The van der Waals surface area contributed by atoms with Gasteiger partial charge in [-0.2, -0.15) is 5.10 Å². The molecule has 0 bridgehead atoms. The summed E-state index contributed by atoms with van der Waals surface area (Å²) in [6, 6.07) is 10.7. The average Bonchev–Trinajstić information content (AvgIpc) is 3.30. The van der Waals surface area contributed by atoms with E-state index in [0.717, 1.165) is 5.39 Å². The maximum Gasteiger partial charge on any atom is 0.345 e. The number of benzene rings is 1. The number of thiazole rings is 1. The minimum atomic E-state index is -0.462. The lowest BCUT2D eigenvalue weighted by Gasteiger charge is -2.03. The number of nitrogens with one attached hydrogen (secondary N) is 1. The van der Waals surface area contributed by atoms with Crippen LogP contribution in [0.15, 0.2) is 57.2 Å². The molecule has 0 fully saturated rings. The van der Waals surface area contributed by atoms with E-state index in [1.807, 2.05) is 25.1 Å². The van der Waals surface area contributed by atoms with Crippen LogP contribution >= 0.6 is 11.3 Å². The van der Waals surface area contributed by atoms with Crippen molar-refractivity contribution in [1.82, 2.24) is 14.8 Å². The fourth-order valence-electron chi connectivity index (χ4n) is 2.63. The number of amides is 1. The van der Waals surface area contributed by atoms with Gasteiger partial charge < -0.3 is 4.42 Å². The molecule has 8 heteroatoms. The van der Waals surface area contributed by atoms with Crippen LogP contribution in [0.5, 0.6) is 0 Å². The summed E-state index contributed by atoms with van der Waals surface area (Å²) in [5.41, 5.74) is 1.34. The van der Waals surface area contributed by atoms with Crippen molar-refractivity contribution in [2.24, 2.45) is 0 Å². The molecular weight excluding hydrogens is 352 g/mol. The van der Waals surface area contributed by atoms with Crippen molar-refractivity contribution in [1.29, 1.82) is 0 Å². The van der Waals surface area contributed by atoms with Crippen LogP contribution in [-0.2, 0) is 6.54 Å². The number of anilines is 1. The van der Waals surface area contributed by atoms with Gasteiger partial charge in [0, 0.05) is 23.5 Å². The van der Waals surface area contributed by atoms with Crippen LogP contribution in [0.4, 0.5) is 5.13 Å². The summed E-state index contributed by atoms with van der Waals surface area (Å²) in [5, 5.41) is 9.75. The Morgan fingerprint density at radius 3 is 3.00 bits per heavy atom. The van der Waals surface area contributed by atoms with Gasteiger partial charge in [0.1, 0.15) is 11.3 Å². The number of fused-ring (bicyclic) bond motifs is 1. The molecule has 0 radical (unpaired) electrons. The van der Waals surface area contributed by atoms with Crippen molar-refractivity contribution < 1.29 is 9.21 Å². The summed E-state index contributed by atoms with van der Waals surface area (Å²) in [5.74, 6) is -0.296. The maximum atomic E-state index is 12.4. The fraction of sp³-hybridized carbons (Fsp3) is 0.111. The lowest BCUT2D eigenvalue weighted by atomic mass is 10.1. The summed E-state index contributed by atoms with van der Waals surface area (Å²) >= 11 is 1.24. The topological polar surface area (TPSA) is 90.0 Å². The smallest absolute Gasteiger partial charge is 0.345 e. The Labute approximate surface area is 151 Å². The molecule has 0 aliphatic carbocycles. The molecule has 26 heavy (non-hydrogen) atoms. The lowest BCUT2D eigenvalue weighted by Crippen LogP contribution is -2.17. The summed E-state index contributed by atoms with van der Waals surface area (Å²) in [6.45, 7) is 2.50. The highest BCUT2D eigenvalue weighted by molar-refractivity contribution is 7.14. The first-order chi connectivity index (χ1) is 12.7. The number of nitrogens with zero attached hydrogens (tertiary/aromatic N) is 3. The van der Waals surface area contributed by atoms with Crippen molar-refractivity contribution in [2.75, 3.05) is 5.32 Å². The predicted molar refractivity (Wildman–Crippen MR) is 99.4 cm³/mol. The lowest BCUT2D eigenvalue weighted by molar-refractivity contribution is 0.101. The Morgan fingerprint density at radius 2 is 2.15 bits per heavy atom. The molecule has 1 amide bonds. The Hall–Kier alpha value is -3.26. The third-order valence-corrected chi connectivity index (χ3v) is 4.65. The predicted octanol–water partition coefficient (Wildman–Crippen LogP) is 3.39. The van der Waals surface area contributed by atoms with Crippen LogP contribution in [0.25, 0.3) is 22.2 Å². The van der Waals surface area contributed by atoms with Crippen LogP contribution in [0, 0.1) is 0 Å². The van der Waals surface area contributed by atoms with Gasteiger partial charge in [0.05, 0.1) is 11.3 Å². The highest BCUT2D eigenvalue weighted by Crippen LogP contribution is 2.25. The Morgan fingerprint density at radius 1 is 1.31 bits per heavy atom. The second-order valence-corrected chi connectivity index (χ2v) is 6.37. The molecule has 0 saturated heterocycles. The van der Waals surface area contributed by atoms with E-state index in [-0.39, 0.29) is 5.91 Å². The third kappa shape index (κ3) is 2.91. The molecule has 0 aliphatic rings. The molecule has 3 heterocycles. The summed E-state index contributed by atoms with van der Waals surface area (Å²) in [6.07, 6.45) is 1.58. The number of hydrogen-bond donors (Lipinski definition) is 1. The monoisotopic (exact) mass is 366 g/mol. The number of para-hydroxylation sites is 1. The molecule has 4 rings (SSSR count). The first kappa shape index (κ1) is 16.2. The van der Waals surface area contributed by atoms with Gasteiger partial charge in [-0.3, -0.25) is 14.8 Å². The Bertz CT molecular complexity index is 1160. The van der Waals surface area contributed by atoms with E-state index in [2.05, 4.69) is 15.4 Å². The van der Waals surface area contributed by atoms with Crippen molar-refractivity contribution in [2.45, 2.75) is 13.5 Å². The van der Waals surface area contributed by atoms with Gasteiger partial charge in [0.2, 0.25) is 0 Å². The van der Waals surface area contributed by atoms with E-state index in [1.54, 1.807) is 34.5 Å². The van der Waals surface area contributed by atoms with E-state index < -0.39 is 5.63 Å². The minimum Gasteiger partial charge on any atom is -0.422 e. The molecule has 0 saturated carbocycles. The van der Waals surface area contributed by atoms with Crippen molar-refractivity contribution in [3.05, 3.63) is 64.1 Å². The van der Waals surface area contributed by atoms with Gasteiger partial charge in [-0.15, -0.1) is 11.3 Å². The fourth-order valence-corrected chi connectivity index (χ4v) is 3.34.